The SMILES string of the molecule is CC(=O)[NH][Nb][NH]C(C)=O. The molecule has 0 aliphatic carbocycles. The average Bonchev–Trinajstić information content (AvgIpc) is 1.63. The van der Waals surface area contributed by atoms with Crippen LogP contribution in [0.5, 0.6) is 0 Å². The van der Waals surface area contributed by atoms with E-state index in [1.165, 1.54) is 13.8 Å². The summed E-state index contributed by atoms with van der Waals surface area (Å²) in [4.78, 5) is 20.4. The van der Waals surface area contributed by atoms with E-state index in [-0.39, 0.29) is 11.8 Å². The van der Waals surface area contributed by atoms with E-state index in [0.29, 0.717) is 0 Å². The van der Waals surface area contributed by atoms with Crippen LogP contribution in [0.3, 0.4) is 0 Å². The minimum atomic E-state index is -0.970. The van der Waals surface area contributed by atoms with Gasteiger partial charge in [-0.05, 0) is 0 Å². The summed E-state index contributed by atoms with van der Waals surface area (Å²) in [5, 5.41) is 0. The summed E-state index contributed by atoms with van der Waals surface area (Å²) in [5.41, 5.74) is 0. The minimum absolute atomic E-state index is 0.0826. The molecule has 0 spiro atoms. The number of hydrogen-bond donors (Lipinski definition) is 2. The molecule has 0 unspecified atom stereocenters. The number of carbonyl (C=O) groups is 2. The monoisotopic (exact) mass is 209 g/mol. The number of hydrogen-bond acceptors (Lipinski definition) is 2. The molecule has 5 heteroatoms. The Labute approximate surface area is 63.3 Å². The van der Waals surface area contributed by atoms with Crippen molar-refractivity contribution in [2.75, 3.05) is 0 Å². The molecule has 2 amide bonds. The van der Waals surface area contributed by atoms with E-state index in [4.69, 9.17) is 0 Å². The van der Waals surface area contributed by atoms with Gasteiger partial charge in [0.25, 0.3) is 0 Å². The summed E-state index contributed by atoms with van der Waals surface area (Å²) in [6, 6.07) is 0. The second-order valence-corrected chi connectivity index (χ2v) is 3.10. The molecule has 0 aromatic heterocycles. The maximum atomic E-state index is 10.2. The van der Waals surface area contributed by atoms with E-state index >= 15 is 0 Å². The quantitative estimate of drug-likeness (QED) is 0.583. The molecular weight excluding hydrogens is 201 g/mol. The molecule has 0 saturated heterocycles. The second-order valence-electron chi connectivity index (χ2n) is 1.45. The van der Waals surface area contributed by atoms with Crippen LogP contribution in [0.1, 0.15) is 13.8 Å². The normalized spacial score (nSPS) is 7.78. The molecule has 0 aliphatic rings. The van der Waals surface area contributed by atoms with Gasteiger partial charge in [-0.3, -0.25) is 0 Å². The molecule has 0 atom stereocenters. The summed E-state index contributed by atoms with van der Waals surface area (Å²) < 4.78 is 5.11. The van der Waals surface area contributed by atoms with Crippen molar-refractivity contribution in [2.24, 2.45) is 0 Å². The first-order chi connectivity index (χ1) is 4.13. The van der Waals surface area contributed by atoms with Crippen molar-refractivity contribution in [1.82, 2.24) is 7.44 Å². The summed E-state index contributed by atoms with van der Waals surface area (Å²) in [7, 11) is 0. The molecule has 4 nitrogen and oxygen atoms in total. The first kappa shape index (κ1) is 8.68. The van der Waals surface area contributed by atoms with Crippen molar-refractivity contribution < 1.29 is 29.9 Å². The van der Waals surface area contributed by atoms with Crippen molar-refractivity contribution in [3.63, 3.8) is 0 Å². The van der Waals surface area contributed by atoms with Crippen LogP contribution in [0.4, 0.5) is 0 Å². The van der Waals surface area contributed by atoms with Gasteiger partial charge in [0.15, 0.2) is 0 Å². The fraction of sp³-hybridized carbons (Fsp3) is 0.500. The first-order valence-electron chi connectivity index (χ1n) is 2.36. The van der Waals surface area contributed by atoms with Crippen LogP contribution in [-0.4, -0.2) is 11.8 Å². The van der Waals surface area contributed by atoms with Gasteiger partial charge in [0.05, 0.1) is 0 Å². The van der Waals surface area contributed by atoms with Crippen LogP contribution in [0.25, 0.3) is 0 Å². The average molecular weight is 209 g/mol. The van der Waals surface area contributed by atoms with Crippen molar-refractivity contribution in [2.45, 2.75) is 13.8 Å². The van der Waals surface area contributed by atoms with Crippen LogP contribution in [0.2, 0.25) is 0 Å². The van der Waals surface area contributed by atoms with Gasteiger partial charge in [-0.1, -0.05) is 0 Å². The first-order valence-corrected chi connectivity index (χ1v) is 4.55. The van der Waals surface area contributed by atoms with Gasteiger partial charge in [-0.2, -0.15) is 0 Å². The van der Waals surface area contributed by atoms with E-state index in [1.54, 1.807) is 0 Å². The number of rotatable bonds is 2. The molecule has 0 radical (unpaired) electrons. The molecule has 0 rings (SSSR count). The third-order valence-electron chi connectivity index (χ3n) is 0.427. The Kier molecular flexibility index (Phi) is 4.39. The molecule has 51 valence electrons. The predicted octanol–water partition coefficient (Wildman–Crippen LogP) is -0.829. The Bertz CT molecular complexity index is 112. The van der Waals surface area contributed by atoms with E-state index < -0.39 is 20.3 Å². The fourth-order valence-corrected chi connectivity index (χ4v) is 1.10. The maximum absolute atomic E-state index is 10.2. The van der Waals surface area contributed by atoms with Crippen LogP contribution in [0, 0.1) is 0 Å². The van der Waals surface area contributed by atoms with Gasteiger partial charge in [0.2, 0.25) is 0 Å². The topological polar surface area (TPSA) is 58.2 Å². The molecular formula is C4H8N2NbO2. The van der Waals surface area contributed by atoms with E-state index in [0.717, 1.165) is 0 Å². The van der Waals surface area contributed by atoms with Crippen LogP contribution in [0.15, 0.2) is 0 Å². The van der Waals surface area contributed by atoms with E-state index in [1.807, 2.05) is 0 Å². The fourth-order valence-electron chi connectivity index (χ4n) is 0.185. The molecule has 0 heterocycles. The Balaban J connectivity index is 3.10. The van der Waals surface area contributed by atoms with Gasteiger partial charge in [0, 0.05) is 0 Å². The molecule has 0 aliphatic heterocycles. The zero-order valence-electron chi connectivity index (χ0n) is 5.26. The zero-order chi connectivity index (χ0) is 7.28. The molecule has 0 aromatic carbocycles. The molecule has 2 N–H and O–H groups in total. The summed E-state index contributed by atoms with van der Waals surface area (Å²) in [5.74, 6) is -0.165. The van der Waals surface area contributed by atoms with Crippen LogP contribution >= 0.6 is 0 Å². The third-order valence-corrected chi connectivity index (χ3v) is 2.52. The predicted molar refractivity (Wildman–Crippen MR) is 27.6 cm³/mol. The standard InChI is InChI=1S/2C2H5NO.Nb/c2*1-2(3)4;/h2*1H3,(H2,3,4);/q;;+2/p-2. The van der Waals surface area contributed by atoms with Gasteiger partial charge in [-0.25, -0.2) is 0 Å². The van der Waals surface area contributed by atoms with Gasteiger partial charge in [0.1, 0.15) is 0 Å². The second kappa shape index (κ2) is 4.55. The van der Waals surface area contributed by atoms with Gasteiger partial charge >= 0.3 is 63.0 Å². The van der Waals surface area contributed by atoms with Crippen molar-refractivity contribution >= 4 is 11.8 Å². The van der Waals surface area contributed by atoms with E-state index in [2.05, 4.69) is 7.44 Å². The summed E-state index contributed by atoms with van der Waals surface area (Å²) in [6.45, 7) is 2.86. The Morgan fingerprint density at radius 1 is 1.11 bits per heavy atom. The van der Waals surface area contributed by atoms with Crippen LogP contribution < -0.4 is 7.44 Å². The summed E-state index contributed by atoms with van der Waals surface area (Å²) in [6.07, 6.45) is 0. The van der Waals surface area contributed by atoms with Gasteiger partial charge < -0.3 is 0 Å². The summed E-state index contributed by atoms with van der Waals surface area (Å²) >= 11 is -0.970. The van der Waals surface area contributed by atoms with Crippen LogP contribution in [-0.2, 0) is 29.9 Å². The molecule has 0 fully saturated rings. The van der Waals surface area contributed by atoms with Crippen molar-refractivity contribution in [1.29, 1.82) is 0 Å². The number of amides is 2. The molecule has 0 saturated carbocycles. The van der Waals surface area contributed by atoms with Crippen molar-refractivity contribution in [3.8, 4) is 0 Å². The molecule has 0 aromatic rings. The Morgan fingerprint density at radius 3 is 1.67 bits per heavy atom. The number of carbonyl (C=O) groups excluding carboxylic acids is 2. The van der Waals surface area contributed by atoms with E-state index in [9.17, 15) is 9.59 Å². The Morgan fingerprint density at radius 2 is 1.44 bits per heavy atom. The molecule has 0 bridgehead atoms. The van der Waals surface area contributed by atoms with Crippen molar-refractivity contribution in [3.05, 3.63) is 0 Å². The number of nitrogens with one attached hydrogen (secondary N) is 2. The third kappa shape index (κ3) is 7.68. The zero-order valence-corrected chi connectivity index (χ0v) is 7.46. The molecule has 9 heavy (non-hydrogen) atoms. The van der Waals surface area contributed by atoms with Gasteiger partial charge in [-0.15, -0.1) is 0 Å². The Hall–Kier alpha value is -0.320.